The first kappa shape index (κ1) is 14.2. The van der Waals surface area contributed by atoms with E-state index in [1.54, 1.807) is 17.3 Å². The molecule has 2 aromatic rings. The third kappa shape index (κ3) is 3.31. The standard InChI is InChI=1S/C14H12Cl2N4O/c15-12-7-11(13(16)19-18-12)14(21)20(10-1-2-10)8-9-3-5-17-6-4-9/h3-7,10H,1-2,8H2. The number of halogens is 2. The quantitative estimate of drug-likeness (QED) is 0.868. The van der Waals surface area contributed by atoms with Crippen molar-refractivity contribution >= 4 is 29.1 Å². The van der Waals surface area contributed by atoms with Crippen LogP contribution >= 0.6 is 23.2 Å². The average Bonchev–Trinajstić information content (AvgIpc) is 3.32. The molecule has 108 valence electrons. The van der Waals surface area contributed by atoms with Crippen LogP contribution in [0.2, 0.25) is 10.3 Å². The van der Waals surface area contributed by atoms with Gasteiger partial charge in [-0.15, -0.1) is 10.2 Å². The molecule has 1 amide bonds. The van der Waals surface area contributed by atoms with E-state index < -0.39 is 0 Å². The third-order valence-corrected chi connectivity index (χ3v) is 3.76. The minimum Gasteiger partial charge on any atom is -0.331 e. The predicted molar refractivity (Wildman–Crippen MR) is 79.2 cm³/mol. The fraction of sp³-hybridized carbons (Fsp3) is 0.286. The van der Waals surface area contributed by atoms with Gasteiger partial charge < -0.3 is 4.90 Å². The second kappa shape index (κ2) is 5.95. The maximum absolute atomic E-state index is 12.7. The van der Waals surface area contributed by atoms with Crippen LogP contribution < -0.4 is 0 Å². The lowest BCUT2D eigenvalue weighted by Crippen LogP contribution is -2.33. The molecule has 1 fully saturated rings. The minimum absolute atomic E-state index is 0.0739. The van der Waals surface area contributed by atoms with Crippen molar-refractivity contribution in [2.45, 2.75) is 25.4 Å². The van der Waals surface area contributed by atoms with E-state index in [0.717, 1.165) is 18.4 Å². The van der Waals surface area contributed by atoms with Crippen molar-refractivity contribution in [3.05, 3.63) is 52.0 Å². The summed E-state index contributed by atoms with van der Waals surface area (Å²) in [6.07, 6.45) is 5.42. The Kier molecular flexibility index (Phi) is 4.03. The van der Waals surface area contributed by atoms with E-state index in [9.17, 15) is 4.79 Å². The Labute approximate surface area is 131 Å². The Bertz CT molecular complexity index is 661. The summed E-state index contributed by atoms with van der Waals surface area (Å²) < 4.78 is 0. The van der Waals surface area contributed by atoms with Crippen LogP contribution in [0.15, 0.2) is 30.6 Å². The molecule has 0 N–H and O–H groups in total. The Morgan fingerprint density at radius 1 is 1.24 bits per heavy atom. The highest BCUT2D eigenvalue weighted by atomic mass is 35.5. The number of pyridine rings is 1. The van der Waals surface area contributed by atoms with Gasteiger partial charge in [-0.3, -0.25) is 9.78 Å². The predicted octanol–water partition coefficient (Wildman–Crippen LogP) is 2.98. The minimum atomic E-state index is -0.170. The first-order valence-corrected chi connectivity index (χ1v) is 7.29. The molecule has 0 unspecified atom stereocenters. The van der Waals surface area contributed by atoms with Gasteiger partial charge in [0.15, 0.2) is 10.3 Å². The monoisotopic (exact) mass is 322 g/mol. The van der Waals surface area contributed by atoms with Gasteiger partial charge in [0, 0.05) is 25.0 Å². The number of hydrogen-bond donors (Lipinski definition) is 0. The number of carbonyl (C=O) groups is 1. The van der Waals surface area contributed by atoms with Crippen LogP contribution in [0.3, 0.4) is 0 Å². The van der Waals surface area contributed by atoms with Gasteiger partial charge >= 0.3 is 0 Å². The average molecular weight is 323 g/mol. The smallest absolute Gasteiger partial charge is 0.257 e. The van der Waals surface area contributed by atoms with Crippen LogP contribution in [0.1, 0.15) is 28.8 Å². The maximum atomic E-state index is 12.7. The van der Waals surface area contributed by atoms with Crippen molar-refractivity contribution in [2.24, 2.45) is 0 Å². The maximum Gasteiger partial charge on any atom is 0.257 e. The molecule has 7 heteroatoms. The first-order chi connectivity index (χ1) is 10.1. The summed E-state index contributed by atoms with van der Waals surface area (Å²) in [5.41, 5.74) is 1.31. The van der Waals surface area contributed by atoms with Crippen LogP contribution in [0.25, 0.3) is 0 Å². The highest BCUT2D eigenvalue weighted by Gasteiger charge is 2.34. The topological polar surface area (TPSA) is 59.0 Å². The molecule has 0 aromatic carbocycles. The fourth-order valence-electron chi connectivity index (χ4n) is 2.10. The van der Waals surface area contributed by atoms with E-state index in [2.05, 4.69) is 15.2 Å². The Morgan fingerprint density at radius 3 is 2.62 bits per heavy atom. The van der Waals surface area contributed by atoms with E-state index in [4.69, 9.17) is 23.2 Å². The first-order valence-electron chi connectivity index (χ1n) is 6.54. The molecule has 0 radical (unpaired) electrons. The van der Waals surface area contributed by atoms with Crippen LogP contribution in [-0.2, 0) is 6.54 Å². The molecule has 1 aliphatic carbocycles. The summed E-state index contributed by atoms with van der Waals surface area (Å²) in [7, 11) is 0. The summed E-state index contributed by atoms with van der Waals surface area (Å²) in [4.78, 5) is 18.5. The SMILES string of the molecule is O=C(c1cc(Cl)nnc1Cl)N(Cc1ccncc1)C1CC1. The molecule has 21 heavy (non-hydrogen) atoms. The summed E-state index contributed by atoms with van der Waals surface area (Å²) in [5.74, 6) is -0.170. The highest BCUT2D eigenvalue weighted by molar-refractivity contribution is 6.34. The van der Waals surface area contributed by atoms with E-state index in [1.165, 1.54) is 6.07 Å². The molecule has 5 nitrogen and oxygen atoms in total. The van der Waals surface area contributed by atoms with Crippen LogP contribution in [0.5, 0.6) is 0 Å². The summed E-state index contributed by atoms with van der Waals surface area (Å²) in [6, 6.07) is 5.49. The van der Waals surface area contributed by atoms with Gasteiger partial charge in [-0.25, -0.2) is 0 Å². The van der Waals surface area contributed by atoms with Crippen molar-refractivity contribution in [1.29, 1.82) is 0 Å². The lowest BCUT2D eigenvalue weighted by Gasteiger charge is -2.22. The second-order valence-corrected chi connectivity index (χ2v) is 5.64. The zero-order chi connectivity index (χ0) is 14.8. The molecule has 2 heterocycles. The lowest BCUT2D eigenvalue weighted by atomic mass is 10.2. The van der Waals surface area contributed by atoms with Crippen LogP contribution in [0, 0.1) is 0 Å². The van der Waals surface area contributed by atoms with E-state index in [-0.39, 0.29) is 27.8 Å². The Hall–Kier alpha value is -1.72. The number of nitrogens with zero attached hydrogens (tertiary/aromatic N) is 4. The Morgan fingerprint density at radius 2 is 1.95 bits per heavy atom. The van der Waals surface area contributed by atoms with E-state index in [0.29, 0.717) is 6.54 Å². The van der Waals surface area contributed by atoms with Crippen molar-refractivity contribution in [1.82, 2.24) is 20.1 Å². The molecule has 0 spiro atoms. The molecular formula is C14H12Cl2N4O. The molecule has 3 rings (SSSR count). The van der Waals surface area contributed by atoms with Gasteiger partial charge in [-0.05, 0) is 36.6 Å². The highest BCUT2D eigenvalue weighted by Crippen LogP contribution is 2.31. The zero-order valence-electron chi connectivity index (χ0n) is 11.0. The molecule has 0 atom stereocenters. The molecule has 0 saturated heterocycles. The van der Waals surface area contributed by atoms with Crippen LogP contribution in [-0.4, -0.2) is 32.0 Å². The number of carbonyl (C=O) groups excluding carboxylic acids is 1. The van der Waals surface area contributed by atoms with Crippen molar-refractivity contribution in [3.8, 4) is 0 Å². The number of hydrogen-bond acceptors (Lipinski definition) is 4. The van der Waals surface area contributed by atoms with Gasteiger partial charge in [0.2, 0.25) is 0 Å². The summed E-state index contributed by atoms with van der Waals surface area (Å²) in [5, 5.41) is 7.55. The Balaban J connectivity index is 1.87. The number of amides is 1. The van der Waals surface area contributed by atoms with Crippen LogP contribution in [0.4, 0.5) is 0 Å². The molecule has 1 saturated carbocycles. The normalized spacial score (nSPS) is 14.0. The van der Waals surface area contributed by atoms with Crippen molar-refractivity contribution < 1.29 is 4.79 Å². The van der Waals surface area contributed by atoms with E-state index in [1.807, 2.05) is 12.1 Å². The largest absolute Gasteiger partial charge is 0.331 e. The van der Waals surface area contributed by atoms with Gasteiger partial charge in [0.05, 0.1) is 5.56 Å². The molecule has 2 aromatic heterocycles. The molecule has 1 aliphatic rings. The summed E-state index contributed by atoms with van der Waals surface area (Å²) in [6.45, 7) is 0.516. The molecule has 0 bridgehead atoms. The van der Waals surface area contributed by atoms with Crippen molar-refractivity contribution in [2.75, 3.05) is 0 Å². The fourth-order valence-corrected chi connectivity index (χ4v) is 2.42. The molecule has 0 aliphatic heterocycles. The third-order valence-electron chi connectivity index (χ3n) is 3.30. The summed E-state index contributed by atoms with van der Waals surface area (Å²) >= 11 is 11.8. The molecular weight excluding hydrogens is 311 g/mol. The lowest BCUT2D eigenvalue weighted by molar-refractivity contribution is 0.0729. The van der Waals surface area contributed by atoms with Crippen molar-refractivity contribution in [3.63, 3.8) is 0 Å². The van der Waals surface area contributed by atoms with Gasteiger partial charge in [0.1, 0.15) is 0 Å². The van der Waals surface area contributed by atoms with Gasteiger partial charge in [-0.2, -0.15) is 0 Å². The van der Waals surface area contributed by atoms with Gasteiger partial charge in [0.25, 0.3) is 5.91 Å². The van der Waals surface area contributed by atoms with Gasteiger partial charge in [-0.1, -0.05) is 23.2 Å². The zero-order valence-corrected chi connectivity index (χ0v) is 12.6. The second-order valence-electron chi connectivity index (χ2n) is 4.89. The number of aromatic nitrogens is 3. The number of rotatable bonds is 4. The van der Waals surface area contributed by atoms with E-state index >= 15 is 0 Å².